The molecular weight excluding hydrogens is 258 g/mol. The highest BCUT2D eigenvalue weighted by atomic mass is 16.5. The first kappa shape index (κ1) is 14.8. The highest BCUT2D eigenvalue weighted by Gasteiger charge is 2.36. The van der Waals surface area contributed by atoms with Gasteiger partial charge < -0.3 is 19.4 Å². The van der Waals surface area contributed by atoms with E-state index in [1.54, 1.807) is 6.92 Å². The second kappa shape index (κ2) is 6.26. The molecule has 0 bridgehead atoms. The van der Waals surface area contributed by atoms with Crippen LogP contribution in [0.3, 0.4) is 0 Å². The van der Waals surface area contributed by atoms with Gasteiger partial charge in [-0.2, -0.15) is 4.98 Å². The Labute approximate surface area is 119 Å². The Morgan fingerprint density at radius 3 is 2.80 bits per heavy atom. The largest absolute Gasteiger partial charge is 0.461 e. The molecule has 112 valence electrons. The third kappa shape index (κ3) is 3.12. The molecule has 6 heteroatoms. The fourth-order valence-corrected chi connectivity index (χ4v) is 2.71. The minimum absolute atomic E-state index is 0.151. The van der Waals surface area contributed by atoms with Gasteiger partial charge in [0.05, 0.1) is 6.61 Å². The van der Waals surface area contributed by atoms with E-state index in [0.717, 1.165) is 6.54 Å². The molecule has 2 rings (SSSR count). The van der Waals surface area contributed by atoms with Crippen molar-refractivity contribution in [2.75, 3.05) is 32.6 Å². The number of carbonyl (C=O) groups is 1. The maximum atomic E-state index is 11.5. The molecular formula is C14H23N3O3. The fraction of sp³-hybridized carbons (Fsp3) is 0.714. The van der Waals surface area contributed by atoms with Crippen LogP contribution >= 0.6 is 0 Å². The number of carbonyl (C=O) groups excluding carboxylic acids is 1. The van der Waals surface area contributed by atoms with Crippen LogP contribution in [0.1, 0.15) is 43.1 Å². The molecule has 6 nitrogen and oxygen atoms in total. The summed E-state index contributed by atoms with van der Waals surface area (Å²) in [5.41, 5.74) is 0.359. The van der Waals surface area contributed by atoms with Crippen molar-refractivity contribution in [2.24, 2.45) is 0 Å². The van der Waals surface area contributed by atoms with E-state index in [1.165, 1.54) is 31.9 Å². The van der Waals surface area contributed by atoms with E-state index in [9.17, 15) is 4.79 Å². The molecule has 0 atom stereocenters. The Kier molecular flexibility index (Phi) is 4.65. The van der Waals surface area contributed by atoms with E-state index < -0.39 is 5.97 Å². The molecule has 0 aromatic carbocycles. The minimum atomic E-state index is -0.451. The summed E-state index contributed by atoms with van der Waals surface area (Å²) in [7, 11) is 4.21. The Bertz CT molecular complexity index is 450. The first-order valence-corrected chi connectivity index (χ1v) is 7.11. The predicted molar refractivity (Wildman–Crippen MR) is 75.8 cm³/mol. The molecule has 20 heavy (non-hydrogen) atoms. The van der Waals surface area contributed by atoms with Crippen LogP contribution in [-0.2, 0) is 4.74 Å². The number of nitrogens with zero attached hydrogens (tertiary/aromatic N) is 2. The number of nitrogens with one attached hydrogen (secondary N) is 1. The van der Waals surface area contributed by atoms with Crippen molar-refractivity contribution < 1.29 is 13.9 Å². The molecule has 0 aliphatic heterocycles. The van der Waals surface area contributed by atoms with Crippen molar-refractivity contribution in [1.82, 2.24) is 9.88 Å². The monoisotopic (exact) mass is 281 g/mol. The summed E-state index contributed by atoms with van der Waals surface area (Å²) in [4.78, 5) is 17.9. The normalized spacial score (nSPS) is 17.4. The van der Waals surface area contributed by atoms with Crippen LogP contribution in [0.25, 0.3) is 0 Å². The quantitative estimate of drug-likeness (QED) is 0.806. The van der Waals surface area contributed by atoms with Gasteiger partial charge in [0.2, 0.25) is 0 Å². The van der Waals surface area contributed by atoms with Crippen LogP contribution in [0.5, 0.6) is 0 Å². The third-order valence-corrected chi connectivity index (χ3v) is 4.04. The van der Waals surface area contributed by atoms with Gasteiger partial charge >= 0.3 is 5.97 Å². The lowest BCUT2D eigenvalue weighted by molar-refractivity contribution is 0.0519. The van der Waals surface area contributed by atoms with Gasteiger partial charge in [-0.3, -0.25) is 0 Å². The standard InChI is InChI=1S/C14H23N3O3/c1-4-19-12(18)11-9-20-13(16-11)15-10-14(17(2)3)7-5-6-8-14/h9H,4-8,10H2,1-3H3,(H,15,16). The van der Waals surface area contributed by atoms with Crippen molar-refractivity contribution in [3.8, 4) is 0 Å². The Hall–Kier alpha value is -1.56. The lowest BCUT2D eigenvalue weighted by atomic mass is 9.96. The lowest BCUT2D eigenvalue weighted by Gasteiger charge is -2.36. The average molecular weight is 281 g/mol. The van der Waals surface area contributed by atoms with E-state index in [4.69, 9.17) is 9.15 Å². The molecule has 0 radical (unpaired) electrons. The molecule has 0 unspecified atom stereocenters. The van der Waals surface area contributed by atoms with Crippen LogP contribution in [0, 0.1) is 0 Å². The van der Waals surface area contributed by atoms with Gasteiger partial charge in [0, 0.05) is 12.1 Å². The second-order valence-electron chi connectivity index (χ2n) is 5.44. The van der Waals surface area contributed by atoms with Crippen molar-refractivity contribution in [1.29, 1.82) is 0 Å². The number of anilines is 1. The Morgan fingerprint density at radius 1 is 1.50 bits per heavy atom. The van der Waals surface area contributed by atoms with Crippen LogP contribution in [0.15, 0.2) is 10.7 Å². The number of hydrogen-bond acceptors (Lipinski definition) is 6. The molecule has 1 heterocycles. The highest BCUT2D eigenvalue weighted by Crippen LogP contribution is 2.33. The molecule has 1 aliphatic rings. The van der Waals surface area contributed by atoms with Gasteiger partial charge in [0.15, 0.2) is 5.69 Å². The van der Waals surface area contributed by atoms with E-state index in [-0.39, 0.29) is 11.2 Å². The summed E-state index contributed by atoms with van der Waals surface area (Å²) < 4.78 is 10.2. The molecule has 0 saturated heterocycles. The SMILES string of the molecule is CCOC(=O)c1coc(NCC2(N(C)C)CCCC2)n1. The molecule has 1 aromatic rings. The number of ether oxygens (including phenoxy) is 1. The van der Waals surface area contributed by atoms with Gasteiger partial charge in [-0.05, 0) is 33.9 Å². The average Bonchev–Trinajstić information content (AvgIpc) is 3.07. The number of rotatable bonds is 6. The molecule has 0 spiro atoms. The molecule has 1 saturated carbocycles. The summed E-state index contributed by atoms with van der Waals surface area (Å²) in [6.07, 6.45) is 6.16. The van der Waals surface area contributed by atoms with Gasteiger partial charge in [0.25, 0.3) is 6.01 Å². The summed E-state index contributed by atoms with van der Waals surface area (Å²) in [5.74, 6) is -0.451. The first-order valence-electron chi connectivity index (χ1n) is 7.11. The number of hydrogen-bond donors (Lipinski definition) is 1. The zero-order valence-corrected chi connectivity index (χ0v) is 12.4. The summed E-state index contributed by atoms with van der Waals surface area (Å²) in [6.45, 7) is 2.86. The number of likely N-dealkylation sites (N-methyl/N-ethyl adjacent to an activating group) is 1. The zero-order valence-electron chi connectivity index (χ0n) is 12.4. The summed E-state index contributed by atoms with van der Waals surface area (Å²) in [5, 5.41) is 3.20. The Morgan fingerprint density at radius 2 is 2.20 bits per heavy atom. The molecule has 1 N–H and O–H groups in total. The van der Waals surface area contributed by atoms with Crippen molar-refractivity contribution >= 4 is 12.0 Å². The van der Waals surface area contributed by atoms with Crippen molar-refractivity contribution in [2.45, 2.75) is 38.1 Å². The van der Waals surface area contributed by atoms with E-state index in [2.05, 4.69) is 29.3 Å². The Balaban J connectivity index is 1.95. The first-order chi connectivity index (χ1) is 9.57. The molecule has 0 amide bonds. The van der Waals surface area contributed by atoms with Crippen LogP contribution in [-0.4, -0.2) is 48.6 Å². The molecule has 1 fully saturated rings. The van der Waals surface area contributed by atoms with Crippen LogP contribution in [0.2, 0.25) is 0 Å². The van der Waals surface area contributed by atoms with Crippen LogP contribution in [0.4, 0.5) is 6.01 Å². The highest BCUT2D eigenvalue weighted by molar-refractivity contribution is 5.87. The maximum absolute atomic E-state index is 11.5. The van der Waals surface area contributed by atoms with Gasteiger partial charge in [-0.15, -0.1) is 0 Å². The summed E-state index contributed by atoms with van der Waals surface area (Å²) in [6, 6.07) is 0.376. The predicted octanol–water partition coefficient (Wildman–Crippen LogP) is 2.14. The summed E-state index contributed by atoms with van der Waals surface area (Å²) >= 11 is 0. The van der Waals surface area contributed by atoms with E-state index in [0.29, 0.717) is 12.6 Å². The fourth-order valence-electron chi connectivity index (χ4n) is 2.71. The van der Waals surface area contributed by atoms with Gasteiger partial charge in [0.1, 0.15) is 6.26 Å². The van der Waals surface area contributed by atoms with Gasteiger partial charge in [-0.1, -0.05) is 12.8 Å². The topological polar surface area (TPSA) is 67.6 Å². The van der Waals surface area contributed by atoms with Crippen molar-refractivity contribution in [3.63, 3.8) is 0 Å². The zero-order chi connectivity index (χ0) is 14.6. The van der Waals surface area contributed by atoms with E-state index >= 15 is 0 Å². The smallest absolute Gasteiger partial charge is 0.360 e. The minimum Gasteiger partial charge on any atom is -0.461 e. The number of oxazole rings is 1. The maximum Gasteiger partial charge on any atom is 0.360 e. The van der Waals surface area contributed by atoms with Gasteiger partial charge in [-0.25, -0.2) is 4.79 Å². The van der Waals surface area contributed by atoms with Crippen molar-refractivity contribution in [3.05, 3.63) is 12.0 Å². The van der Waals surface area contributed by atoms with E-state index in [1.807, 2.05) is 0 Å². The number of aromatic nitrogens is 1. The molecule has 1 aromatic heterocycles. The number of esters is 1. The van der Waals surface area contributed by atoms with Crippen LogP contribution < -0.4 is 5.32 Å². The third-order valence-electron chi connectivity index (χ3n) is 4.04. The second-order valence-corrected chi connectivity index (χ2v) is 5.44. The molecule has 1 aliphatic carbocycles. The lowest BCUT2D eigenvalue weighted by Crippen LogP contribution is -2.47.